The molecular weight excluding hydrogens is 264 g/mol. The highest BCUT2D eigenvalue weighted by Crippen LogP contribution is 2.18. The molecule has 0 aliphatic carbocycles. The van der Waals surface area contributed by atoms with E-state index in [-0.39, 0.29) is 0 Å². The Hall–Kier alpha value is -1.69. The first-order valence-electron chi connectivity index (χ1n) is 7.86. The zero-order valence-electron chi connectivity index (χ0n) is 12.9. The molecule has 114 valence electrons. The summed E-state index contributed by atoms with van der Waals surface area (Å²) in [5.74, 6) is 0.889. The van der Waals surface area contributed by atoms with Crippen LogP contribution in [0.1, 0.15) is 32.6 Å². The van der Waals surface area contributed by atoms with Gasteiger partial charge in [0.2, 0.25) is 0 Å². The van der Waals surface area contributed by atoms with Crippen molar-refractivity contribution in [1.82, 2.24) is 24.6 Å². The molecule has 3 heterocycles. The Bertz CT molecular complexity index is 593. The number of fused-ring (bicyclic) bond motifs is 1. The third kappa shape index (κ3) is 3.15. The topological polar surface area (TPSA) is 58.9 Å². The number of piperidine rings is 1. The van der Waals surface area contributed by atoms with Gasteiger partial charge in [-0.25, -0.2) is 9.97 Å². The van der Waals surface area contributed by atoms with Gasteiger partial charge in [-0.2, -0.15) is 5.10 Å². The van der Waals surface area contributed by atoms with Gasteiger partial charge in [0.05, 0.1) is 11.6 Å². The molecule has 1 saturated heterocycles. The molecule has 1 fully saturated rings. The molecule has 1 N–H and O–H groups in total. The molecule has 0 radical (unpaired) electrons. The van der Waals surface area contributed by atoms with Gasteiger partial charge in [-0.15, -0.1) is 0 Å². The van der Waals surface area contributed by atoms with Gasteiger partial charge in [0.1, 0.15) is 12.1 Å². The summed E-state index contributed by atoms with van der Waals surface area (Å²) in [6, 6.07) is 0.739. The maximum Gasteiger partial charge on any atom is 0.163 e. The Morgan fingerprint density at radius 3 is 3.10 bits per heavy atom. The number of aromatic nitrogens is 4. The summed E-state index contributed by atoms with van der Waals surface area (Å²) in [5.41, 5.74) is 0.872. The standard InChI is InChI=1S/C15H24N6/c1-12-6-3-4-8-21(12)9-5-7-16-14-13-10-19-20(2)15(13)18-11-17-14/h10-12H,3-9H2,1-2H3,(H,16,17,18)/t12-/m0/s1. The largest absolute Gasteiger partial charge is 0.369 e. The van der Waals surface area contributed by atoms with E-state index in [0.717, 1.165) is 42.4 Å². The number of aryl methyl sites for hydroxylation is 1. The van der Waals surface area contributed by atoms with Crippen LogP contribution in [0.4, 0.5) is 5.82 Å². The number of hydrogen-bond acceptors (Lipinski definition) is 5. The molecule has 2 aromatic heterocycles. The Balaban J connectivity index is 1.52. The molecule has 6 nitrogen and oxygen atoms in total. The van der Waals surface area contributed by atoms with Crippen LogP contribution in [0.15, 0.2) is 12.5 Å². The van der Waals surface area contributed by atoms with E-state index >= 15 is 0 Å². The first kappa shape index (κ1) is 14.3. The second kappa shape index (κ2) is 6.39. The van der Waals surface area contributed by atoms with Crippen LogP contribution in [-0.2, 0) is 7.05 Å². The summed E-state index contributed by atoms with van der Waals surface area (Å²) in [4.78, 5) is 11.2. The van der Waals surface area contributed by atoms with E-state index < -0.39 is 0 Å². The molecule has 0 amide bonds. The molecule has 6 heteroatoms. The van der Waals surface area contributed by atoms with Crippen molar-refractivity contribution in [2.24, 2.45) is 7.05 Å². The van der Waals surface area contributed by atoms with E-state index in [1.54, 1.807) is 11.0 Å². The van der Waals surface area contributed by atoms with Crippen molar-refractivity contribution in [1.29, 1.82) is 0 Å². The number of hydrogen-bond donors (Lipinski definition) is 1. The van der Waals surface area contributed by atoms with Gasteiger partial charge in [0.15, 0.2) is 5.65 Å². The smallest absolute Gasteiger partial charge is 0.163 e. The molecule has 1 atom stereocenters. The number of likely N-dealkylation sites (tertiary alicyclic amines) is 1. The Morgan fingerprint density at radius 2 is 2.24 bits per heavy atom. The van der Waals surface area contributed by atoms with Crippen molar-refractivity contribution in [2.45, 2.75) is 38.6 Å². The molecule has 0 aromatic carbocycles. The van der Waals surface area contributed by atoms with Gasteiger partial charge in [-0.3, -0.25) is 4.68 Å². The molecule has 0 bridgehead atoms. The number of rotatable bonds is 5. The van der Waals surface area contributed by atoms with Gasteiger partial charge >= 0.3 is 0 Å². The predicted molar refractivity (Wildman–Crippen MR) is 84.3 cm³/mol. The van der Waals surface area contributed by atoms with Crippen LogP contribution in [0.2, 0.25) is 0 Å². The minimum atomic E-state index is 0.739. The van der Waals surface area contributed by atoms with Crippen LogP contribution in [0.5, 0.6) is 0 Å². The van der Waals surface area contributed by atoms with Crippen molar-refractivity contribution in [3.8, 4) is 0 Å². The van der Waals surface area contributed by atoms with Crippen molar-refractivity contribution in [2.75, 3.05) is 25.0 Å². The fraction of sp³-hybridized carbons (Fsp3) is 0.667. The minimum Gasteiger partial charge on any atom is -0.369 e. The average molecular weight is 288 g/mol. The van der Waals surface area contributed by atoms with Crippen molar-refractivity contribution in [3.63, 3.8) is 0 Å². The van der Waals surface area contributed by atoms with Gasteiger partial charge in [0, 0.05) is 26.2 Å². The molecular formula is C15H24N6. The zero-order valence-corrected chi connectivity index (χ0v) is 12.9. The minimum absolute atomic E-state index is 0.739. The summed E-state index contributed by atoms with van der Waals surface area (Å²) in [7, 11) is 1.90. The van der Waals surface area contributed by atoms with Crippen molar-refractivity contribution >= 4 is 16.9 Å². The lowest BCUT2D eigenvalue weighted by atomic mass is 10.0. The normalized spacial score (nSPS) is 20.0. The third-order valence-electron chi connectivity index (χ3n) is 4.38. The molecule has 0 spiro atoms. The second-order valence-electron chi connectivity index (χ2n) is 5.89. The molecule has 1 aliphatic heterocycles. The number of nitrogens with zero attached hydrogens (tertiary/aromatic N) is 5. The van der Waals surface area contributed by atoms with Crippen molar-refractivity contribution in [3.05, 3.63) is 12.5 Å². The van der Waals surface area contributed by atoms with Crippen LogP contribution in [-0.4, -0.2) is 50.3 Å². The first-order chi connectivity index (χ1) is 10.3. The number of anilines is 1. The van der Waals surface area contributed by atoms with Gasteiger partial charge in [0.25, 0.3) is 0 Å². The molecule has 2 aromatic rings. The van der Waals surface area contributed by atoms with Gasteiger partial charge in [-0.05, 0) is 32.7 Å². The maximum atomic E-state index is 4.33. The van der Waals surface area contributed by atoms with E-state index in [2.05, 4.69) is 32.2 Å². The van der Waals surface area contributed by atoms with Crippen LogP contribution < -0.4 is 5.32 Å². The van der Waals surface area contributed by atoms with Crippen molar-refractivity contribution < 1.29 is 0 Å². The van der Waals surface area contributed by atoms with E-state index in [4.69, 9.17) is 0 Å². The molecule has 21 heavy (non-hydrogen) atoms. The first-order valence-corrected chi connectivity index (χ1v) is 7.86. The van der Waals surface area contributed by atoms with E-state index in [9.17, 15) is 0 Å². The second-order valence-corrected chi connectivity index (χ2v) is 5.89. The molecule has 1 aliphatic rings. The van der Waals surface area contributed by atoms with E-state index in [1.165, 1.54) is 25.8 Å². The Morgan fingerprint density at radius 1 is 1.33 bits per heavy atom. The molecule has 0 unspecified atom stereocenters. The lowest BCUT2D eigenvalue weighted by Crippen LogP contribution is -2.38. The van der Waals surface area contributed by atoms with Crippen LogP contribution in [0.25, 0.3) is 11.0 Å². The van der Waals surface area contributed by atoms with Crippen LogP contribution in [0, 0.1) is 0 Å². The summed E-state index contributed by atoms with van der Waals surface area (Å²) < 4.78 is 1.78. The van der Waals surface area contributed by atoms with Crippen LogP contribution >= 0.6 is 0 Å². The Kier molecular flexibility index (Phi) is 4.34. The summed E-state index contributed by atoms with van der Waals surface area (Å²) in [6.07, 6.45) is 8.63. The maximum absolute atomic E-state index is 4.33. The monoisotopic (exact) mass is 288 g/mol. The summed E-state index contributed by atoms with van der Waals surface area (Å²) >= 11 is 0. The quantitative estimate of drug-likeness (QED) is 0.853. The zero-order chi connectivity index (χ0) is 14.7. The van der Waals surface area contributed by atoms with Gasteiger partial charge < -0.3 is 10.2 Å². The predicted octanol–water partition coefficient (Wildman–Crippen LogP) is 2.04. The highest BCUT2D eigenvalue weighted by atomic mass is 15.3. The number of nitrogens with one attached hydrogen (secondary N) is 1. The summed E-state index contributed by atoms with van der Waals surface area (Å²) in [6.45, 7) is 5.69. The molecule has 0 saturated carbocycles. The highest BCUT2D eigenvalue weighted by molar-refractivity contribution is 5.85. The van der Waals surface area contributed by atoms with Gasteiger partial charge in [-0.1, -0.05) is 6.42 Å². The lowest BCUT2D eigenvalue weighted by molar-refractivity contribution is 0.160. The summed E-state index contributed by atoms with van der Waals surface area (Å²) in [5, 5.41) is 8.65. The van der Waals surface area contributed by atoms with Crippen LogP contribution in [0.3, 0.4) is 0 Å². The Labute approximate surface area is 125 Å². The third-order valence-corrected chi connectivity index (χ3v) is 4.38. The fourth-order valence-corrected chi connectivity index (χ4v) is 3.08. The van der Waals surface area contributed by atoms with E-state index in [0.29, 0.717) is 0 Å². The average Bonchev–Trinajstić information content (AvgIpc) is 2.88. The SMILES string of the molecule is C[C@H]1CCCCN1CCCNc1ncnc2c1cnn2C. The highest BCUT2D eigenvalue weighted by Gasteiger charge is 2.17. The van der Waals surface area contributed by atoms with E-state index in [1.807, 2.05) is 13.2 Å². The fourth-order valence-electron chi connectivity index (χ4n) is 3.08. The molecule has 3 rings (SSSR count). The lowest BCUT2D eigenvalue weighted by Gasteiger charge is -2.33.